The molecule has 0 spiro atoms. The first kappa shape index (κ1) is 18.1. The van der Waals surface area contributed by atoms with Crippen molar-refractivity contribution in [2.75, 3.05) is 6.26 Å². The minimum atomic E-state index is -4.72. The molecule has 4 nitrogen and oxygen atoms in total. The number of nitrogens with zero attached hydrogens (tertiary/aromatic N) is 1. The Hall–Kier alpha value is -2.68. The number of rotatable bonds is 3. The van der Waals surface area contributed by atoms with E-state index in [4.69, 9.17) is 0 Å². The van der Waals surface area contributed by atoms with Crippen LogP contribution in [-0.4, -0.2) is 24.6 Å². The maximum Gasteiger partial charge on any atom is 0.449 e. The lowest BCUT2D eigenvalue weighted by Gasteiger charge is -2.05. The first-order valence-corrected chi connectivity index (χ1v) is 9.18. The standard InChI is InChI=1S/C17H12F4N2O2S/c1-26(24,25)13-7-5-10(6-8-13)14-15(11-3-2-4-12(18)9-11)23-16(22-14)17(19,20)21/h2-9H,1H3,(H,22,23). The van der Waals surface area contributed by atoms with Crippen LogP contribution in [0, 0.1) is 5.82 Å². The van der Waals surface area contributed by atoms with Gasteiger partial charge < -0.3 is 4.98 Å². The van der Waals surface area contributed by atoms with E-state index in [1.54, 1.807) is 0 Å². The summed E-state index contributed by atoms with van der Waals surface area (Å²) in [6.07, 6.45) is -3.69. The van der Waals surface area contributed by atoms with Gasteiger partial charge in [0.05, 0.1) is 16.3 Å². The van der Waals surface area contributed by atoms with Gasteiger partial charge in [0.1, 0.15) is 5.82 Å². The number of benzene rings is 2. The van der Waals surface area contributed by atoms with Gasteiger partial charge in [0.2, 0.25) is 5.82 Å². The lowest BCUT2D eigenvalue weighted by molar-refractivity contribution is -0.144. The zero-order chi connectivity index (χ0) is 19.1. The molecular formula is C17H12F4N2O2S. The maximum atomic E-state index is 13.5. The molecule has 0 radical (unpaired) electrons. The van der Waals surface area contributed by atoms with Gasteiger partial charge in [-0.2, -0.15) is 13.2 Å². The number of hydrogen-bond acceptors (Lipinski definition) is 3. The van der Waals surface area contributed by atoms with Crippen LogP contribution in [0.25, 0.3) is 22.5 Å². The van der Waals surface area contributed by atoms with Crippen LogP contribution in [0.2, 0.25) is 0 Å². The van der Waals surface area contributed by atoms with Crippen molar-refractivity contribution < 1.29 is 26.0 Å². The van der Waals surface area contributed by atoms with E-state index in [0.717, 1.165) is 12.3 Å². The second kappa shape index (κ2) is 6.24. The van der Waals surface area contributed by atoms with Crippen molar-refractivity contribution in [2.24, 2.45) is 0 Å². The molecule has 0 aliphatic carbocycles. The highest BCUT2D eigenvalue weighted by molar-refractivity contribution is 7.90. The monoisotopic (exact) mass is 384 g/mol. The molecule has 0 aliphatic rings. The average molecular weight is 384 g/mol. The summed E-state index contributed by atoms with van der Waals surface area (Å²) in [6.45, 7) is 0. The van der Waals surface area contributed by atoms with Crippen LogP contribution in [0.1, 0.15) is 5.82 Å². The van der Waals surface area contributed by atoms with Gasteiger partial charge in [0.15, 0.2) is 9.84 Å². The van der Waals surface area contributed by atoms with Crippen LogP contribution in [0.4, 0.5) is 17.6 Å². The lowest BCUT2D eigenvalue weighted by atomic mass is 10.1. The van der Waals surface area contributed by atoms with E-state index in [1.807, 2.05) is 0 Å². The summed E-state index contributed by atoms with van der Waals surface area (Å²) in [4.78, 5) is 5.81. The summed E-state index contributed by atoms with van der Waals surface area (Å²) in [5.74, 6) is -1.83. The number of alkyl halides is 3. The quantitative estimate of drug-likeness (QED) is 0.685. The van der Waals surface area contributed by atoms with Crippen molar-refractivity contribution >= 4 is 9.84 Å². The maximum absolute atomic E-state index is 13.5. The summed E-state index contributed by atoms with van der Waals surface area (Å²) in [5, 5.41) is 0. The van der Waals surface area contributed by atoms with E-state index in [2.05, 4.69) is 9.97 Å². The molecule has 136 valence electrons. The Morgan fingerprint density at radius 1 is 1.00 bits per heavy atom. The molecule has 1 heterocycles. The normalized spacial score (nSPS) is 12.3. The van der Waals surface area contributed by atoms with E-state index < -0.39 is 27.7 Å². The molecular weight excluding hydrogens is 372 g/mol. The predicted octanol–water partition coefficient (Wildman–Crippen LogP) is 4.31. The third-order valence-electron chi connectivity index (χ3n) is 3.64. The van der Waals surface area contributed by atoms with Crippen LogP contribution in [0.15, 0.2) is 53.4 Å². The number of H-pyrrole nitrogens is 1. The number of aromatic nitrogens is 2. The Bertz CT molecular complexity index is 1060. The van der Waals surface area contributed by atoms with E-state index >= 15 is 0 Å². The fourth-order valence-corrected chi connectivity index (χ4v) is 3.06. The molecule has 0 saturated carbocycles. The van der Waals surface area contributed by atoms with Crippen LogP contribution in [0.5, 0.6) is 0 Å². The van der Waals surface area contributed by atoms with Gasteiger partial charge in [-0.25, -0.2) is 17.8 Å². The highest BCUT2D eigenvalue weighted by atomic mass is 32.2. The number of aromatic amines is 1. The molecule has 1 N–H and O–H groups in total. The Balaban J connectivity index is 2.18. The Morgan fingerprint density at radius 3 is 2.19 bits per heavy atom. The van der Waals surface area contributed by atoms with Gasteiger partial charge in [-0.15, -0.1) is 0 Å². The molecule has 0 atom stereocenters. The first-order valence-electron chi connectivity index (χ1n) is 7.29. The second-order valence-corrected chi connectivity index (χ2v) is 7.63. The Kier molecular flexibility index (Phi) is 4.35. The predicted molar refractivity (Wildman–Crippen MR) is 87.5 cm³/mol. The largest absolute Gasteiger partial charge is 0.449 e. The molecule has 3 rings (SSSR count). The summed E-state index contributed by atoms with van der Waals surface area (Å²) in [6, 6.07) is 10.3. The number of nitrogens with one attached hydrogen (secondary N) is 1. The van der Waals surface area contributed by atoms with Gasteiger partial charge in [-0.05, 0) is 24.3 Å². The fraction of sp³-hybridized carbons (Fsp3) is 0.118. The molecule has 2 aromatic carbocycles. The van der Waals surface area contributed by atoms with Gasteiger partial charge in [0, 0.05) is 17.4 Å². The number of imidazole rings is 1. The zero-order valence-electron chi connectivity index (χ0n) is 13.3. The van der Waals surface area contributed by atoms with Crippen LogP contribution >= 0.6 is 0 Å². The molecule has 3 aromatic rings. The lowest BCUT2D eigenvalue weighted by Crippen LogP contribution is -2.07. The summed E-state index contributed by atoms with van der Waals surface area (Å²) < 4.78 is 75.7. The van der Waals surface area contributed by atoms with Crippen molar-refractivity contribution in [3.8, 4) is 22.5 Å². The van der Waals surface area contributed by atoms with Crippen molar-refractivity contribution in [2.45, 2.75) is 11.1 Å². The van der Waals surface area contributed by atoms with Crippen LogP contribution in [-0.2, 0) is 16.0 Å². The molecule has 0 amide bonds. The number of halogens is 4. The van der Waals surface area contributed by atoms with Gasteiger partial charge >= 0.3 is 6.18 Å². The molecule has 26 heavy (non-hydrogen) atoms. The molecule has 0 unspecified atom stereocenters. The first-order chi connectivity index (χ1) is 12.1. The third-order valence-corrected chi connectivity index (χ3v) is 4.77. The van der Waals surface area contributed by atoms with Gasteiger partial charge in [0.25, 0.3) is 0 Å². The summed E-state index contributed by atoms with van der Waals surface area (Å²) in [7, 11) is -3.45. The van der Waals surface area contributed by atoms with Crippen molar-refractivity contribution in [3.63, 3.8) is 0 Å². The van der Waals surface area contributed by atoms with Crippen LogP contribution < -0.4 is 0 Å². The van der Waals surface area contributed by atoms with E-state index in [9.17, 15) is 26.0 Å². The Morgan fingerprint density at radius 2 is 1.65 bits per heavy atom. The SMILES string of the molecule is CS(=O)(=O)c1ccc(-c2nc(C(F)(F)F)[nH]c2-c2cccc(F)c2)cc1. The molecule has 1 aromatic heterocycles. The Labute approximate surface area is 146 Å². The van der Waals surface area contributed by atoms with E-state index in [-0.39, 0.29) is 27.4 Å². The summed E-state index contributed by atoms with van der Waals surface area (Å²) >= 11 is 0. The van der Waals surface area contributed by atoms with E-state index in [1.165, 1.54) is 42.5 Å². The second-order valence-electron chi connectivity index (χ2n) is 5.61. The van der Waals surface area contributed by atoms with Crippen molar-refractivity contribution in [1.82, 2.24) is 9.97 Å². The van der Waals surface area contributed by atoms with E-state index in [0.29, 0.717) is 0 Å². The topological polar surface area (TPSA) is 62.8 Å². The minimum absolute atomic E-state index is 0.0102. The number of hydrogen-bond donors (Lipinski definition) is 1. The van der Waals surface area contributed by atoms with Crippen molar-refractivity contribution in [3.05, 3.63) is 60.2 Å². The third kappa shape index (κ3) is 3.62. The van der Waals surface area contributed by atoms with Crippen LogP contribution in [0.3, 0.4) is 0 Å². The minimum Gasteiger partial charge on any atom is -0.334 e. The van der Waals surface area contributed by atoms with Gasteiger partial charge in [-0.3, -0.25) is 0 Å². The fourth-order valence-electron chi connectivity index (χ4n) is 2.43. The molecule has 0 aliphatic heterocycles. The average Bonchev–Trinajstić information content (AvgIpc) is 3.00. The summed E-state index contributed by atoms with van der Waals surface area (Å²) in [5.41, 5.74) is 0.394. The smallest absolute Gasteiger partial charge is 0.334 e. The molecule has 0 saturated heterocycles. The highest BCUT2D eigenvalue weighted by Gasteiger charge is 2.36. The zero-order valence-corrected chi connectivity index (χ0v) is 14.1. The van der Waals surface area contributed by atoms with Crippen molar-refractivity contribution in [1.29, 1.82) is 0 Å². The molecule has 0 fully saturated rings. The highest BCUT2D eigenvalue weighted by Crippen LogP contribution is 2.36. The number of sulfone groups is 1. The molecule has 9 heteroatoms. The van der Waals surface area contributed by atoms with Gasteiger partial charge in [-0.1, -0.05) is 24.3 Å². The molecule has 0 bridgehead atoms.